The van der Waals surface area contributed by atoms with Gasteiger partial charge < -0.3 is 10.2 Å². The maximum absolute atomic E-state index is 12.6. The summed E-state index contributed by atoms with van der Waals surface area (Å²) in [7, 11) is 0.715. The van der Waals surface area contributed by atoms with E-state index in [1.807, 2.05) is 38.4 Å². The molecule has 156 valence electrons. The SMILES string of the molecule is CN(C)Cc1ccc(-c2ccccc2CNC(=O)c2cccc(S(C)(=O)=O)c2)cc1. The van der Waals surface area contributed by atoms with E-state index in [9.17, 15) is 13.2 Å². The highest BCUT2D eigenvalue weighted by molar-refractivity contribution is 7.90. The molecule has 0 aromatic heterocycles. The summed E-state index contributed by atoms with van der Waals surface area (Å²) in [6.07, 6.45) is 1.13. The van der Waals surface area contributed by atoms with Crippen molar-refractivity contribution in [2.75, 3.05) is 20.4 Å². The molecule has 3 aromatic rings. The number of nitrogens with zero attached hydrogens (tertiary/aromatic N) is 1. The topological polar surface area (TPSA) is 66.5 Å². The first-order chi connectivity index (χ1) is 14.2. The highest BCUT2D eigenvalue weighted by atomic mass is 32.2. The number of sulfone groups is 1. The van der Waals surface area contributed by atoms with Gasteiger partial charge in [-0.3, -0.25) is 4.79 Å². The molecule has 0 fully saturated rings. The van der Waals surface area contributed by atoms with E-state index in [-0.39, 0.29) is 10.8 Å². The molecule has 0 saturated carbocycles. The van der Waals surface area contributed by atoms with Crippen molar-refractivity contribution >= 4 is 15.7 Å². The fourth-order valence-electron chi connectivity index (χ4n) is 3.26. The fourth-order valence-corrected chi connectivity index (χ4v) is 3.92. The average molecular weight is 423 g/mol. The predicted octanol–water partition coefficient (Wildman–Crippen LogP) is 3.75. The third kappa shape index (κ3) is 5.55. The molecule has 3 aromatic carbocycles. The number of carbonyl (C=O) groups is 1. The molecule has 0 spiro atoms. The maximum atomic E-state index is 12.6. The van der Waals surface area contributed by atoms with E-state index in [2.05, 4.69) is 34.5 Å². The van der Waals surface area contributed by atoms with E-state index in [0.29, 0.717) is 12.1 Å². The van der Waals surface area contributed by atoms with E-state index in [1.165, 1.54) is 17.7 Å². The average Bonchev–Trinajstić information content (AvgIpc) is 2.72. The normalized spacial score (nSPS) is 11.5. The van der Waals surface area contributed by atoms with Crippen LogP contribution in [0.1, 0.15) is 21.5 Å². The molecule has 1 amide bonds. The number of nitrogens with one attached hydrogen (secondary N) is 1. The second-order valence-corrected chi connectivity index (χ2v) is 9.59. The molecule has 6 heteroatoms. The van der Waals surface area contributed by atoms with Gasteiger partial charge in [-0.2, -0.15) is 0 Å². The quantitative estimate of drug-likeness (QED) is 0.630. The van der Waals surface area contributed by atoms with Crippen LogP contribution in [-0.2, 0) is 22.9 Å². The van der Waals surface area contributed by atoms with Crippen molar-refractivity contribution in [3.63, 3.8) is 0 Å². The van der Waals surface area contributed by atoms with Crippen molar-refractivity contribution in [2.24, 2.45) is 0 Å². The predicted molar refractivity (Wildman–Crippen MR) is 120 cm³/mol. The molecule has 3 rings (SSSR count). The van der Waals surface area contributed by atoms with Crippen molar-refractivity contribution in [3.8, 4) is 11.1 Å². The molecule has 0 bridgehead atoms. The summed E-state index contributed by atoms with van der Waals surface area (Å²) in [5, 5.41) is 2.90. The first-order valence-corrected chi connectivity index (χ1v) is 11.5. The van der Waals surface area contributed by atoms with Crippen molar-refractivity contribution in [1.82, 2.24) is 10.2 Å². The standard InChI is InChI=1S/C24H26N2O3S/c1-26(2)17-18-11-13-19(14-12-18)23-10-5-4-7-21(23)16-25-24(27)20-8-6-9-22(15-20)30(3,28)29/h4-15H,16-17H2,1-3H3,(H,25,27). The van der Waals surface area contributed by atoms with Gasteiger partial charge in [0, 0.05) is 24.9 Å². The molecule has 0 atom stereocenters. The summed E-state index contributed by atoms with van der Waals surface area (Å²) in [6.45, 7) is 1.22. The van der Waals surface area contributed by atoms with E-state index >= 15 is 0 Å². The van der Waals surface area contributed by atoms with E-state index in [1.54, 1.807) is 12.1 Å². The Morgan fingerprint density at radius 3 is 2.30 bits per heavy atom. The van der Waals surface area contributed by atoms with Crippen molar-refractivity contribution < 1.29 is 13.2 Å². The monoisotopic (exact) mass is 422 g/mol. The Morgan fingerprint density at radius 1 is 0.933 bits per heavy atom. The molecule has 5 nitrogen and oxygen atoms in total. The van der Waals surface area contributed by atoms with Gasteiger partial charge in [-0.1, -0.05) is 54.6 Å². The lowest BCUT2D eigenvalue weighted by atomic mass is 9.98. The zero-order valence-corrected chi connectivity index (χ0v) is 18.2. The molecule has 1 N–H and O–H groups in total. The van der Waals surface area contributed by atoms with Crippen molar-refractivity contribution in [2.45, 2.75) is 18.0 Å². The Labute approximate surface area is 178 Å². The number of rotatable bonds is 7. The smallest absolute Gasteiger partial charge is 0.251 e. The minimum atomic E-state index is -3.36. The van der Waals surface area contributed by atoms with Crippen LogP contribution in [0.2, 0.25) is 0 Å². The zero-order chi connectivity index (χ0) is 21.7. The number of benzene rings is 3. The van der Waals surface area contributed by atoms with Crippen molar-refractivity contribution in [3.05, 3.63) is 89.5 Å². The van der Waals surface area contributed by atoms with Gasteiger partial charge in [0.1, 0.15) is 0 Å². The summed E-state index contributed by atoms with van der Waals surface area (Å²) in [5.74, 6) is -0.309. The summed E-state index contributed by atoms with van der Waals surface area (Å²) >= 11 is 0. The molecular weight excluding hydrogens is 396 g/mol. The molecule has 0 aliphatic carbocycles. The minimum Gasteiger partial charge on any atom is -0.348 e. The fraction of sp³-hybridized carbons (Fsp3) is 0.208. The Hall–Kier alpha value is -2.96. The summed E-state index contributed by atoms with van der Waals surface area (Å²) in [4.78, 5) is 14.8. The van der Waals surface area contributed by atoms with Gasteiger partial charge in [0.05, 0.1) is 4.90 Å². The third-order valence-electron chi connectivity index (χ3n) is 4.74. The first-order valence-electron chi connectivity index (χ1n) is 9.64. The van der Waals surface area contributed by atoms with Gasteiger partial charge in [0.2, 0.25) is 0 Å². The Balaban J connectivity index is 1.76. The number of carbonyl (C=O) groups excluding carboxylic acids is 1. The van der Waals surface area contributed by atoms with E-state index in [0.717, 1.165) is 29.5 Å². The number of hydrogen-bond donors (Lipinski definition) is 1. The first kappa shape index (κ1) is 21.7. The second-order valence-electron chi connectivity index (χ2n) is 7.57. The lowest BCUT2D eigenvalue weighted by Crippen LogP contribution is -2.23. The van der Waals surface area contributed by atoms with Gasteiger partial charge in [0.15, 0.2) is 9.84 Å². The van der Waals surface area contributed by atoms with Gasteiger partial charge in [0.25, 0.3) is 5.91 Å². The molecule has 0 heterocycles. The Morgan fingerprint density at radius 2 is 1.63 bits per heavy atom. The summed E-state index contributed by atoms with van der Waals surface area (Å²) in [5.41, 5.74) is 4.69. The van der Waals surface area contributed by atoms with Gasteiger partial charge in [-0.25, -0.2) is 8.42 Å². The summed E-state index contributed by atoms with van der Waals surface area (Å²) in [6, 6.07) is 22.4. The van der Waals surface area contributed by atoms with Crippen LogP contribution in [-0.4, -0.2) is 39.6 Å². The molecular formula is C24H26N2O3S. The molecule has 0 aliphatic heterocycles. The summed E-state index contributed by atoms with van der Waals surface area (Å²) < 4.78 is 23.5. The molecule has 0 saturated heterocycles. The lowest BCUT2D eigenvalue weighted by molar-refractivity contribution is 0.0950. The largest absolute Gasteiger partial charge is 0.348 e. The van der Waals surface area contributed by atoms with E-state index < -0.39 is 9.84 Å². The van der Waals surface area contributed by atoms with Crippen LogP contribution >= 0.6 is 0 Å². The van der Waals surface area contributed by atoms with Crippen LogP contribution in [0, 0.1) is 0 Å². The highest BCUT2D eigenvalue weighted by Crippen LogP contribution is 2.24. The number of amides is 1. The third-order valence-corrected chi connectivity index (χ3v) is 5.86. The van der Waals surface area contributed by atoms with Crippen LogP contribution in [0.4, 0.5) is 0 Å². The maximum Gasteiger partial charge on any atom is 0.251 e. The van der Waals surface area contributed by atoms with E-state index in [4.69, 9.17) is 0 Å². The van der Waals surface area contributed by atoms with Crippen LogP contribution in [0.25, 0.3) is 11.1 Å². The van der Waals surface area contributed by atoms with Gasteiger partial charge >= 0.3 is 0 Å². The highest BCUT2D eigenvalue weighted by Gasteiger charge is 2.12. The van der Waals surface area contributed by atoms with Crippen LogP contribution < -0.4 is 5.32 Å². The molecule has 0 aliphatic rings. The molecule has 0 unspecified atom stereocenters. The van der Waals surface area contributed by atoms with Crippen molar-refractivity contribution in [1.29, 1.82) is 0 Å². The van der Waals surface area contributed by atoms with Crippen LogP contribution in [0.3, 0.4) is 0 Å². The van der Waals surface area contributed by atoms with Gasteiger partial charge in [-0.05, 0) is 54.5 Å². The number of hydrogen-bond acceptors (Lipinski definition) is 4. The Kier molecular flexibility index (Phi) is 6.70. The van der Waals surface area contributed by atoms with Crippen LogP contribution in [0.15, 0.2) is 77.7 Å². The second kappa shape index (κ2) is 9.24. The lowest BCUT2D eigenvalue weighted by Gasteiger charge is -2.13. The molecule has 0 radical (unpaired) electrons. The Bertz CT molecular complexity index is 1140. The van der Waals surface area contributed by atoms with Crippen LogP contribution in [0.5, 0.6) is 0 Å². The molecule has 30 heavy (non-hydrogen) atoms. The minimum absolute atomic E-state index is 0.133. The van der Waals surface area contributed by atoms with Gasteiger partial charge in [-0.15, -0.1) is 0 Å². The zero-order valence-electron chi connectivity index (χ0n) is 17.4.